The maximum absolute atomic E-state index is 14.0. The number of unbranched alkanes of at least 4 members (excludes halogenated alkanes) is 2. The fourth-order valence-electron chi connectivity index (χ4n) is 4.26. The molecule has 1 atom stereocenters. The summed E-state index contributed by atoms with van der Waals surface area (Å²) in [4.78, 5) is 10.9. The van der Waals surface area contributed by atoms with Crippen molar-refractivity contribution in [2.45, 2.75) is 76.9 Å². The molecule has 1 saturated heterocycles. The summed E-state index contributed by atoms with van der Waals surface area (Å²) in [6, 6.07) is 3.34. The molecule has 8 heteroatoms. The van der Waals surface area contributed by atoms with E-state index in [1.807, 2.05) is 4.90 Å². The molecule has 3 rings (SSSR count). The van der Waals surface area contributed by atoms with Crippen molar-refractivity contribution in [3.8, 4) is 0 Å². The number of aliphatic imine (C=N–C) groups is 1. The molecular weight excluding hydrogens is 508 g/mol. The first-order valence-corrected chi connectivity index (χ1v) is 11.8. The Labute approximate surface area is 203 Å². The van der Waals surface area contributed by atoms with Crippen LogP contribution in [0.2, 0.25) is 0 Å². The lowest BCUT2D eigenvalue weighted by Crippen LogP contribution is -2.44. The van der Waals surface area contributed by atoms with Gasteiger partial charge in [-0.25, -0.2) is 9.37 Å². The lowest BCUT2D eigenvalue weighted by molar-refractivity contribution is 0.0264. The van der Waals surface area contributed by atoms with Gasteiger partial charge in [-0.05, 0) is 57.6 Å². The predicted octanol–water partition coefficient (Wildman–Crippen LogP) is 4.49. The van der Waals surface area contributed by atoms with Crippen molar-refractivity contribution < 1.29 is 9.13 Å². The number of guanidine groups is 1. The first-order chi connectivity index (χ1) is 14.8. The van der Waals surface area contributed by atoms with Crippen LogP contribution >= 0.6 is 24.0 Å². The largest absolute Gasteiger partial charge is 0.378 e. The summed E-state index contributed by atoms with van der Waals surface area (Å²) in [5.41, 5.74) is 0. The maximum Gasteiger partial charge on any atom is 0.191 e. The van der Waals surface area contributed by atoms with E-state index < -0.39 is 0 Å². The number of hydrogen-bond acceptors (Lipinski definition) is 4. The van der Waals surface area contributed by atoms with Crippen LogP contribution in [0.1, 0.15) is 64.7 Å². The summed E-state index contributed by atoms with van der Waals surface area (Å²) in [7, 11) is 0. The second-order valence-corrected chi connectivity index (χ2v) is 8.34. The number of anilines is 1. The zero-order valence-corrected chi connectivity index (χ0v) is 21.2. The molecule has 31 heavy (non-hydrogen) atoms. The Morgan fingerprint density at radius 1 is 1.23 bits per heavy atom. The number of aromatic nitrogens is 1. The third-order valence-electron chi connectivity index (χ3n) is 5.89. The van der Waals surface area contributed by atoms with Crippen molar-refractivity contribution in [2.75, 3.05) is 37.7 Å². The summed E-state index contributed by atoms with van der Waals surface area (Å²) in [5, 5.41) is 6.83. The Bertz CT molecular complexity index is 657. The SMILES string of the molecule is CCNC(=NCCCCCOC1CCCCC1)NC1CCN(c2ncccc2F)C1.I. The molecule has 1 aromatic heterocycles. The van der Waals surface area contributed by atoms with Gasteiger partial charge < -0.3 is 20.3 Å². The molecular formula is C23H39FIN5O. The molecule has 2 aliphatic rings. The Hall–Kier alpha value is -1.16. The van der Waals surface area contributed by atoms with Crippen molar-refractivity contribution in [1.82, 2.24) is 15.6 Å². The molecule has 6 nitrogen and oxygen atoms in total. The van der Waals surface area contributed by atoms with Gasteiger partial charge in [0, 0.05) is 45.0 Å². The minimum Gasteiger partial charge on any atom is -0.378 e. The van der Waals surface area contributed by atoms with E-state index in [4.69, 9.17) is 9.73 Å². The number of rotatable bonds is 10. The van der Waals surface area contributed by atoms with Crippen molar-refractivity contribution >= 4 is 35.8 Å². The van der Waals surface area contributed by atoms with E-state index in [0.29, 0.717) is 11.9 Å². The third-order valence-corrected chi connectivity index (χ3v) is 5.89. The zero-order chi connectivity index (χ0) is 21.0. The molecule has 2 heterocycles. The third kappa shape index (κ3) is 9.08. The quantitative estimate of drug-likeness (QED) is 0.196. The van der Waals surface area contributed by atoms with Gasteiger partial charge in [0.1, 0.15) is 0 Å². The Morgan fingerprint density at radius 3 is 2.84 bits per heavy atom. The monoisotopic (exact) mass is 547 g/mol. The van der Waals surface area contributed by atoms with Crippen LogP contribution in [0.25, 0.3) is 0 Å². The highest BCUT2D eigenvalue weighted by Gasteiger charge is 2.25. The van der Waals surface area contributed by atoms with Crippen molar-refractivity contribution in [2.24, 2.45) is 4.99 Å². The van der Waals surface area contributed by atoms with Crippen molar-refractivity contribution in [1.29, 1.82) is 0 Å². The van der Waals surface area contributed by atoms with Crippen LogP contribution in [0.4, 0.5) is 10.2 Å². The molecule has 0 bridgehead atoms. The number of pyridine rings is 1. The lowest BCUT2D eigenvalue weighted by atomic mass is 9.98. The summed E-state index contributed by atoms with van der Waals surface area (Å²) in [6.45, 7) is 6.12. The molecule has 2 N–H and O–H groups in total. The molecule has 1 aliphatic carbocycles. The van der Waals surface area contributed by atoms with Crippen LogP contribution in [-0.4, -0.2) is 55.9 Å². The molecule has 0 aromatic carbocycles. The maximum atomic E-state index is 14.0. The van der Waals surface area contributed by atoms with Gasteiger partial charge in [0.2, 0.25) is 0 Å². The molecule has 2 fully saturated rings. The van der Waals surface area contributed by atoms with Crippen LogP contribution in [0, 0.1) is 5.82 Å². The van der Waals surface area contributed by atoms with E-state index in [0.717, 1.165) is 64.4 Å². The Morgan fingerprint density at radius 2 is 2.06 bits per heavy atom. The topological polar surface area (TPSA) is 61.8 Å². The van der Waals surface area contributed by atoms with Gasteiger partial charge in [-0.2, -0.15) is 0 Å². The van der Waals surface area contributed by atoms with E-state index in [-0.39, 0.29) is 35.8 Å². The van der Waals surface area contributed by atoms with E-state index in [2.05, 4.69) is 22.5 Å². The van der Waals surface area contributed by atoms with Gasteiger partial charge in [-0.15, -0.1) is 24.0 Å². The number of hydrogen-bond donors (Lipinski definition) is 2. The summed E-state index contributed by atoms with van der Waals surface area (Å²) < 4.78 is 20.0. The highest BCUT2D eigenvalue weighted by Crippen LogP contribution is 2.21. The van der Waals surface area contributed by atoms with Gasteiger partial charge in [0.05, 0.1) is 6.10 Å². The average molecular weight is 548 g/mol. The minimum absolute atomic E-state index is 0. The molecule has 1 aromatic rings. The number of ether oxygens (including phenoxy) is 1. The number of halogens is 2. The second-order valence-electron chi connectivity index (χ2n) is 8.34. The van der Waals surface area contributed by atoms with Gasteiger partial charge >= 0.3 is 0 Å². The zero-order valence-electron chi connectivity index (χ0n) is 18.8. The number of nitrogens with zero attached hydrogens (tertiary/aromatic N) is 3. The number of nitrogens with one attached hydrogen (secondary N) is 2. The van der Waals surface area contributed by atoms with Crippen molar-refractivity contribution in [3.05, 3.63) is 24.1 Å². The van der Waals surface area contributed by atoms with Gasteiger partial charge in [0.15, 0.2) is 17.6 Å². The molecule has 0 spiro atoms. The Kier molecular flexibility index (Phi) is 12.5. The molecule has 176 valence electrons. The fourth-order valence-corrected chi connectivity index (χ4v) is 4.26. The van der Waals surface area contributed by atoms with Gasteiger partial charge in [-0.3, -0.25) is 4.99 Å². The van der Waals surface area contributed by atoms with E-state index in [1.54, 1.807) is 12.3 Å². The van der Waals surface area contributed by atoms with Crippen LogP contribution in [-0.2, 0) is 4.74 Å². The molecule has 0 amide bonds. The van der Waals surface area contributed by atoms with Gasteiger partial charge in [-0.1, -0.05) is 19.3 Å². The normalized spacial score (nSPS) is 19.9. The fraction of sp³-hybridized carbons (Fsp3) is 0.739. The second kappa shape index (κ2) is 14.8. The lowest BCUT2D eigenvalue weighted by Gasteiger charge is -2.21. The predicted molar refractivity (Wildman–Crippen MR) is 136 cm³/mol. The highest BCUT2D eigenvalue weighted by molar-refractivity contribution is 14.0. The van der Waals surface area contributed by atoms with Crippen LogP contribution < -0.4 is 15.5 Å². The van der Waals surface area contributed by atoms with Gasteiger partial charge in [0.25, 0.3) is 0 Å². The summed E-state index contributed by atoms with van der Waals surface area (Å²) >= 11 is 0. The molecule has 0 radical (unpaired) electrons. The summed E-state index contributed by atoms with van der Waals surface area (Å²) in [6.07, 6.45) is 12.9. The summed E-state index contributed by atoms with van der Waals surface area (Å²) in [5.74, 6) is 1.04. The average Bonchev–Trinajstić information content (AvgIpc) is 3.22. The van der Waals surface area contributed by atoms with E-state index >= 15 is 0 Å². The van der Waals surface area contributed by atoms with Crippen LogP contribution in [0.3, 0.4) is 0 Å². The standard InChI is InChI=1S/C23H38FN5O.HI/c1-2-25-23(27-14-7-4-8-17-30-20-10-5-3-6-11-20)28-19-13-16-29(18-19)22-21(24)12-9-15-26-22;/h9,12,15,19-20H,2-8,10-11,13-14,16-18H2,1H3,(H2,25,27,28);1H. The van der Waals surface area contributed by atoms with Crippen LogP contribution in [0.5, 0.6) is 0 Å². The molecule has 1 unspecified atom stereocenters. The Balaban J connectivity index is 0.00000341. The molecule has 1 aliphatic heterocycles. The first-order valence-electron chi connectivity index (χ1n) is 11.8. The van der Waals surface area contributed by atoms with E-state index in [9.17, 15) is 4.39 Å². The minimum atomic E-state index is -0.258. The highest BCUT2D eigenvalue weighted by atomic mass is 127. The van der Waals surface area contributed by atoms with Crippen LogP contribution in [0.15, 0.2) is 23.3 Å². The van der Waals surface area contributed by atoms with E-state index in [1.165, 1.54) is 38.2 Å². The van der Waals surface area contributed by atoms with Crippen molar-refractivity contribution in [3.63, 3.8) is 0 Å². The first kappa shape index (κ1) is 26.1. The smallest absolute Gasteiger partial charge is 0.191 e. The molecule has 1 saturated carbocycles.